The van der Waals surface area contributed by atoms with E-state index in [-0.39, 0.29) is 11.7 Å². The normalized spacial score (nSPS) is 13.0. The molecule has 14 heteroatoms. The number of benzene rings is 2. The third-order valence-electron chi connectivity index (χ3n) is 6.58. The van der Waals surface area contributed by atoms with E-state index in [0.29, 0.717) is 42.7 Å². The van der Waals surface area contributed by atoms with Gasteiger partial charge in [0.15, 0.2) is 0 Å². The number of carbonyl (C=O) groups is 3. The molecule has 11 nitrogen and oxygen atoms in total. The van der Waals surface area contributed by atoms with E-state index in [1.807, 2.05) is 36.8 Å². The number of hydrogen-bond donors (Lipinski definition) is 4. The predicted octanol–water partition coefficient (Wildman–Crippen LogP) is 4.89. The molecule has 47 heavy (non-hydrogen) atoms. The summed E-state index contributed by atoms with van der Waals surface area (Å²) < 4.78 is 44.5. The van der Waals surface area contributed by atoms with Crippen LogP contribution < -0.4 is 20.5 Å². The molecule has 0 bridgehead atoms. The molecule has 256 valence electrons. The highest BCUT2D eigenvalue weighted by Gasteiger charge is 2.25. The summed E-state index contributed by atoms with van der Waals surface area (Å²) in [5, 5.41) is 10.4. The summed E-state index contributed by atoms with van der Waals surface area (Å²) >= 11 is 0. The molecule has 0 saturated carbocycles. The highest BCUT2D eigenvalue weighted by atomic mass is 19.3. The van der Waals surface area contributed by atoms with E-state index in [1.54, 1.807) is 37.7 Å². The zero-order valence-electron chi connectivity index (χ0n) is 26.8. The fourth-order valence-corrected chi connectivity index (χ4v) is 4.68. The Labute approximate surface area is 271 Å². The highest BCUT2D eigenvalue weighted by molar-refractivity contribution is 5.80. The van der Waals surface area contributed by atoms with Gasteiger partial charge < -0.3 is 40.3 Å². The van der Waals surface area contributed by atoms with Crippen molar-refractivity contribution in [1.82, 2.24) is 20.2 Å². The summed E-state index contributed by atoms with van der Waals surface area (Å²) in [6, 6.07) is 14.1. The van der Waals surface area contributed by atoms with Crippen molar-refractivity contribution in [2.45, 2.75) is 52.3 Å². The summed E-state index contributed by atoms with van der Waals surface area (Å²) in [6.07, 6.45) is 6.62. The van der Waals surface area contributed by atoms with E-state index < -0.39 is 6.61 Å². The summed E-state index contributed by atoms with van der Waals surface area (Å²) in [4.78, 5) is 39.7. The van der Waals surface area contributed by atoms with Crippen molar-refractivity contribution in [2.24, 2.45) is 5.73 Å². The molecule has 1 atom stereocenters. The number of nitrogens with two attached hydrogens (primary N) is 1. The summed E-state index contributed by atoms with van der Waals surface area (Å²) in [5.41, 5.74) is 8.13. The van der Waals surface area contributed by atoms with Gasteiger partial charge in [0.25, 0.3) is 0 Å². The lowest BCUT2D eigenvalue weighted by Crippen LogP contribution is -2.34. The quantitative estimate of drug-likeness (QED) is 0.194. The summed E-state index contributed by atoms with van der Waals surface area (Å²) in [7, 11) is 3.07. The topological polar surface area (TPSA) is 160 Å². The van der Waals surface area contributed by atoms with Gasteiger partial charge in [-0.2, -0.15) is 8.78 Å². The average Bonchev–Trinajstić information content (AvgIpc) is 3.68. The first-order valence-electron chi connectivity index (χ1n) is 14.4. The van der Waals surface area contributed by atoms with Crippen molar-refractivity contribution in [2.75, 3.05) is 20.7 Å². The lowest BCUT2D eigenvalue weighted by Gasteiger charge is -2.22. The van der Waals surface area contributed by atoms with Gasteiger partial charge in [-0.25, -0.2) is 4.39 Å². The van der Waals surface area contributed by atoms with Crippen LogP contribution in [-0.2, 0) is 27.3 Å². The van der Waals surface area contributed by atoms with Crippen molar-refractivity contribution in [3.8, 4) is 17.2 Å². The van der Waals surface area contributed by atoms with Crippen molar-refractivity contribution >= 4 is 30.0 Å². The van der Waals surface area contributed by atoms with Gasteiger partial charge >= 0.3 is 6.61 Å². The molecule has 4 aromatic rings. The van der Waals surface area contributed by atoms with E-state index in [1.165, 1.54) is 19.2 Å². The second-order valence-corrected chi connectivity index (χ2v) is 9.83. The first kappa shape index (κ1) is 40.1. The zero-order valence-corrected chi connectivity index (χ0v) is 26.8. The van der Waals surface area contributed by atoms with Crippen LogP contribution in [0.1, 0.15) is 36.6 Å². The van der Waals surface area contributed by atoms with Crippen molar-refractivity contribution in [3.05, 3.63) is 83.6 Å². The monoisotopic (exact) mass is 661 g/mol. The van der Waals surface area contributed by atoms with E-state index >= 15 is 0 Å². The van der Waals surface area contributed by atoms with Crippen LogP contribution in [0.4, 0.5) is 13.2 Å². The van der Waals surface area contributed by atoms with Crippen LogP contribution in [0.2, 0.25) is 0 Å². The molecule has 5 rings (SSSR count). The second-order valence-electron chi connectivity index (χ2n) is 9.83. The minimum atomic E-state index is -3.17. The van der Waals surface area contributed by atoms with Crippen molar-refractivity contribution in [3.63, 3.8) is 0 Å². The average molecular weight is 662 g/mol. The summed E-state index contributed by atoms with van der Waals surface area (Å²) in [5.74, 6) is 1.34. The number of halogens is 3. The number of aryl methyl sites for hydroxylation is 1. The van der Waals surface area contributed by atoms with Crippen LogP contribution in [0.5, 0.6) is 17.2 Å². The molecular weight excluding hydrogens is 619 g/mol. The fourth-order valence-electron chi connectivity index (χ4n) is 4.68. The van der Waals surface area contributed by atoms with Gasteiger partial charge in [-0.1, -0.05) is 6.07 Å². The van der Waals surface area contributed by atoms with Gasteiger partial charge in [0.1, 0.15) is 29.9 Å². The number of aromatic nitrogens is 2. The summed E-state index contributed by atoms with van der Waals surface area (Å²) in [6.45, 7) is 4.07. The minimum Gasteiger partial charge on any atom is -0.496 e. The first-order chi connectivity index (χ1) is 22.6. The molecule has 1 aliphatic heterocycles. The lowest BCUT2D eigenvalue weighted by atomic mass is 10.1. The number of fused-ring (bicyclic) bond motifs is 1. The third kappa shape index (κ3) is 13.9. The number of nitrogens with zero attached hydrogens (tertiary/aromatic N) is 2. The molecule has 5 N–H and O–H groups in total. The number of carbonyl (C=O) groups excluding carboxylic acids is 3. The van der Waals surface area contributed by atoms with E-state index in [9.17, 15) is 22.8 Å². The number of alkyl halides is 2. The van der Waals surface area contributed by atoms with Crippen LogP contribution in [0.3, 0.4) is 0 Å². The van der Waals surface area contributed by atoms with Gasteiger partial charge in [0, 0.05) is 59.3 Å². The van der Waals surface area contributed by atoms with Crippen LogP contribution in [0.25, 0.3) is 10.9 Å². The predicted molar refractivity (Wildman–Crippen MR) is 173 cm³/mol. The van der Waals surface area contributed by atoms with Crippen LogP contribution >= 0.6 is 0 Å². The van der Waals surface area contributed by atoms with Crippen molar-refractivity contribution < 1.29 is 42.1 Å². The van der Waals surface area contributed by atoms with E-state index in [4.69, 9.17) is 19.4 Å². The second kappa shape index (κ2) is 21.7. The molecule has 1 unspecified atom stereocenters. The lowest BCUT2D eigenvalue weighted by molar-refractivity contribution is -0.131. The number of methoxy groups -OCH3 is 1. The van der Waals surface area contributed by atoms with Crippen LogP contribution in [-0.4, -0.2) is 72.4 Å². The maximum absolute atomic E-state index is 13.5. The molecule has 1 fully saturated rings. The molecule has 3 heterocycles. The Hall–Kier alpha value is -4.95. The molecule has 2 aromatic carbocycles. The molecule has 1 saturated heterocycles. The smallest absolute Gasteiger partial charge is 0.342 e. The molecule has 2 amide bonds. The maximum Gasteiger partial charge on any atom is 0.342 e. The number of aliphatic hydroxyl groups is 1. The number of ether oxygens (including phenoxy) is 2. The maximum atomic E-state index is 13.5. The molecular formula is C33H42F3N5O6. The molecule has 2 aromatic heterocycles. The number of rotatable bonds is 8. The number of aliphatic hydroxyl groups excluding tert-OH is 1. The Morgan fingerprint density at radius 3 is 2.47 bits per heavy atom. The number of H-pyrrole nitrogens is 1. The molecule has 0 radical (unpaired) electrons. The largest absolute Gasteiger partial charge is 0.496 e. The first-order valence-corrected chi connectivity index (χ1v) is 14.4. The molecule has 0 spiro atoms. The number of likely N-dealkylation sites (tertiary alicyclic amines) is 1. The van der Waals surface area contributed by atoms with Crippen LogP contribution in [0.15, 0.2) is 60.9 Å². The highest BCUT2D eigenvalue weighted by Crippen LogP contribution is 2.30. The Bertz CT molecular complexity index is 1470. The van der Waals surface area contributed by atoms with Crippen molar-refractivity contribution in [1.29, 1.82) is 0 Å². The number of pyridine rings is 1. The fraction of sp³-hybridized carbons (Fsp3) is 0.333. The minimum absolute atomic E-state index is 0.114. The van der Waals surface area contributed by atoms with Gasteiger partial charge in [-0.05, 0) is 69.6 Å². The molecule has 0 aliphatic carbocycles. The Kier molecular flexibility index (Phi) is 18.5. The number of aromatic amines is 1. The SMILES string of the molecule is C=O.CN.COc1cc(Oc2cc(C)cc(F)c2)ccc1CC(=O)N1CCCC1C.O=CNCc1cc2cnccc2[nH]1.OC(F)F. The standard InChI is InChI=1S/C21H24FNO3.C9H9N3O.CH2F2O.CH5N.CH2O/c1-14-9-17(22)12-19(10-14)26-18-7-6-16(20(13-18)25-3)11-21(24)23-8-4-5-15(23)2;13-6-11-5-8-3-7-4-10-2-1-9(7)12-8;2-1(3)4;2*1-2/h6-7,9-10,12-13,15H,4-5,8,11H2,1-3H3;1-4,6,12H,5H2,(H,11,13);1,4H;2H2,1H3;1H2. The van der Waals surface area contributed by atoms with Gasteiger partial charge in [0.2, 0.25) is 12.3 Å². The Morgan fingerprint density at radius 1 is 1.19 bits per heavy atom. The third-order valence-corrected chi connectivity index (χ3v) is 6.58. The van der Waals surface area contributed by atoms with E-state index in [0.717, 1.165) is 47.1 Å². The van der Waals surface area contributed by atoms with E-state index in [2.05, 4.69) is 27.9 Å². The molecule has 1 aliphatic rings. The van der Waals surface area contributed by atoms with Gasteiger partial charge in [-0.3, -0.25) is 14.6 Å². The number of nitrogens with one attached hydrogen (secondary N) is 2. The zero-order chi connectivity index (χ0) is 35.4. The Balaban J connectivity index is 0.000000437. The van der Waals surface area contributed by atoms with Crippen LogP contribution in [0, 0.1) is 12.7 Å². The van der Waals surface area contributed by atoms with Gasteiger partial charge in [-0.15, -0.1) is 0 Å². The number of hydrogen-bond acceptors (Lipinski definition) is 8. The van der Waals surface area contributed by atoms with Gasteiger partial charge in [0.05, 0.1) is 20.1 Å². The Morgan fingerprint density at radius 2 is 1.89 bits per heavy atom. The number of amides is 2.